The molecular weight excluding hydrogens is 184 g/mol. The van der Waals surface area contributed by atoms with Gasteiger partial charge in [0.2, 0.25) is 0 Å². The van der Waals surface area contributed by atoms with Crippen LogP contribution in [0.4, 0.5) is 0 Å². The first kappa shape index (κ1) is 9.00. The number of hydrogen-bond acceptors (Lipinski definition) is 2. The molecule has 2 rings (SSSR count). The number of hydrogen-bond donors (Lipinski definition) is 2. The molecule has 0 radical (unpaired) electrons. The summed E-state index contributed by atoms with van der Waals surface area (Å²) in [5.41, 5.74) is 14.3. The van der Waals surface area contributed by atoms with Crippen LogP contribution in [-0.4, -0.2) is 6.04 Å². The van der Waals surface area contributed by atoms with Crippen LogP contribution in [0.25, 0.3) is 0 Å². The Morgan fingerprint density at radius 1 is 1.31 bits per heavy atom. The van der Waals surface area contributed by atoms with Crippen LogP contribution >= 0.6 is 11.6 Å². The topological polar surface area (TPSA) is 52.0 Å². The average Bonchev–Trinajstić information content (AvgIpc) is 2.12. The smallest absolute Gasteiger partial charge is 0.0451 e. The van der Waals surface area contributed by atoms with E-state index >= 15 is 0 Å². The molecule has 1 aromatic carbocycles. The van der Waals surface area contributed by atoms with Gasteiger partial charge in [0.05, 0.1) is 0 Å². The first-order chi connectivity index (χ1) is 6.18. The summed E-state index contributed by atoms with van der Waals surface area (Å²) in [6, 6.07) is 5.91. The van der Waals surface area contributed by atoms with E-state index in [9.17, 15) is 0 Å². The maximum atomic E-state index is 5.97. The fraction of sp³-hybridized carbons (Fsp3) is 0.400. The highest BCUT2D eigenvalue weighted by Crippen LogP contribution is 2.29. The van der Waals surface area contributed by atoms with Crippen molar-refractivity contribution in [3.8, 4) is 0 Å². The van der Waals surface area contributed by atoms with Gasteiger partial charge in [0.1, 0.15) is 0 Å². The molecule has 0 aliphatic heterocycles. The Kier molecular flexibility index (Phi) is 2.28. The Morgan fingerprint density at radius 2 is 2.08 bits per heavy atom. The van der Waals surface area contributed by atoms with Gasteiger partial charge in [0.15, 0.2) is 0 Å². The van der Waals surface area contributed by atoms with Crippen LogP contribution in [0.3, 0.4) is 0 Å². The SMILES string of the molecule is N[C@H]1CCc2cc(Cl)ccc2[C@@H]1N. The van der Waals surface area contributed by atoms with E-state index in [0.29, 0.717) is 0 Å². The Labute approximate surface area is 82.9 Å². The first-order valence-electron chi connectivity index (χ1n) is 4.48. The molecule has 70 valence electrons. The second-order valence-corrected chi connectivity index (χ2v) is 4.01. The molecule has 2 atom stereocenters. The third kappa shape index (κ3) is 1.57. The van der Waals surface area contributed by atoms with Gasteiger partial charge >= 0.3 is 0 Å². The van der Waals surface area contributed by atoms with Crippen molar-refractivity contribution in [1.29, 1.82) is 0 Å². The molecule has 0 spiro atoms. The maximum absolute atomic E-state index is 5.97. The Morgan fingerprint density at radius 3 is 2.85 bits per heavy atom. The Balaban J connectivity index is 2.44. The zero-order chi connectivity index (χ0) is 9.42. The molecule has 0 aromatic heterocycles. The molecule has 1 aliphatic carbocycles. The summed E-state index contributed by atoms with van der Waals surface area (Å²) in [5, 5.41) is 0.779. The minimum Gasteiger partial charge on any atom is -0.326 e. The van der Waals surface area contributed by atoms with Crippen molar-refractivity contribution in [2.24, 2.45) is 11.5 Å². The molecule has 4 N–H and O–H groups in total. The van der Waals surface area contributed by atoms with E-state index in [2.05, 4.69) is 0 Å². The molecular formula is C10H13ClN2. The number of rotatable bonds is 0. The van der Waals surface area contributed by atoms with Crippen molar-refractivity contribution in [3.63, 3.8) is 0 Å². The standard InChI is InChI=1S/C10H13ClN2/c11-7-2-3-8-6(5-7)1-4-9(12)10(8)13/h2-3,5,9-10H,1,4,12-13H2/t9-,10-/m0/s1. The molecule has 0 heterocycles. The largest absolute Gasteiger partial charge is 0.326 e. The number of nitrogens with two attached hydrogens (primary N) is 2. The summed E-state index contributed by atoms with van der Waals surface area (Å²) < 4.78 is 0. The molecule has 1 aliphatic rings. The third-order valence-corrected chi connectivity index (χ3v) is 2.91. The molecule has 0 amide bonds. The van der Waals surface area contributed by atoms with E-state index in [1.807, 2.05) is 18.2 Å². The Hall–Kier alpha value is -0.570. The van der Waals surface area contributed by atoms with E-state index in [-0.39, 0.29) is 12.1 Å². The maximum Gasteiger partial charge on any atom is 0.0451 e. The fourth-order valence-corrected chi connectivity index (χ4v) is 2.04. The van der Waals surface area contributed by atoms with Crippen LogP contribution in [0, 0.1) is 0 Å². The third-order valence-electron chi connectivity index (χ3n) is 2.67. The van der Waals surface area contributed by atoms with Crippen molar-refractivity contribution in [2.45, 2.75) is 24.9 Å². The van der Waals surface area contributed by atoms with Gasteiger partial charge in [0.25, 0.3) is 0 Å². The van der Waals surface area contributed by atoms with Crippen LogP contribution in [0.15, 0.2) is 18.2 Å². The highest BCUT2D eigenvalue weighted by Gasteiger charge is 2.23. The monoisotopic (exact) mass is 196 g/mol. The predicted octanol–water partition coefficient (Wildman–Crippen LogP) is 1.61. The van der Waals surface area contributed by atoms with Gasteiger partial charge in [-0.05, 0) is 36.1 Å². The predicted molar refractivity (Wildman–Crippen MR) is 54.7 cm³/mol. The lowest BCUT2D eigenvalue weighted by atomic mass is 9.85. The van der Waals surface area contributed by atoms with Gasteiger partial charge in [-0.15, -0.1) is 0 Å². The highest BCUT2D eigenvalue weighted by atomic mass is 35.5. The highest BCUT2D eigenvalue weighted by molar-refractivity contribution is 6.30. The minimum atomic E-state index is -0.0268. The molecule has 0 saturated heterocycles. The number of aryl methyl sites for hydroxylation is 1. The van der Waals surface area contributed by atoms with Gasteiger partial charge in [0, 0.05) is 17.1 Å². The zero-order valence-electron chi connectivity index (χ0n) is 7.33. The van der Waals surface area contributed by atoms with E-state index in [1.165, 1.54) is 5.56 Å². The van der Waals surface area contributed by atoms with Crippen molar-refractivity contribution < 1.29 is 0 Å². The summed E-state index contributed by atoms with van der Waals surface area (Å²) >= 11 is 5.89. The van der Waals surface area contributed by atoms with Crippen molar-refractivity contribution >= 4 is 11.6 Å². The lowest BCUT2D eigenvalue weighted by molar-refractivity contribution is 0.481. The molecule has 1 aromatic rings. The molecule has 0 fully saturated rings. The summed E-state index contributed by atoms with van der Waals surface area (Å²) in [7, 11) is 0. The lowest BCUT2D eigenvalue weighted by Crippen LogP contribution is -2.38. The van der Waals surface area contributed by atoms with E-state index in [0.717, 1.165) is 23.4 Å². The summed E-state index contributed by atoms with van der Waals surface area (Å²) in [6.45, 7) is 0. The molecule has 0 bridgehead atoms. The summed E-state index contributed by atoms with van der Waals surface area (Å²) in [4.78, 5) is 0. The molecule has 0 saturated carbocycles. The van der Waals surface area contributed by atoms with Crippen LogP contribution in [0.2, 0.25) is 5.02 Å². The zero-order valence-corrected chi connectivity index (χ0v) is 8.09. The number of fused-ring (bicyclic) bond motifs is 1. The Bertz CT molecular complexity index is 325. The van der Waals surface area contributed by atoms with Crippen molar-refractivity contribution in [2.75, 3.05) is 0 Å². The summed E-state index contributed by atoms with van der Waals surface area (Å²) in [6.07, 6.45) is 1.94. The van der Waals surface area contributed by atoms with Gasteiger partial charge in [-0.2, -0.15) is 0 Å². The van der Waals surface area contributed by atoms with E-state index in [4.69, 9.17) is 23.1 Å². The summed E-state index contributed by atoms with van der Waals surface area (Å²) in [5.74, 6) is 0. The quantitative estimate of drug-likeness (QED) is 0.663. The fourth-order valence-electron chi connectivity index (χ4n) is 1.85. The molecule has 0 unspecified atom stereocenters. The van der Waals surface area contributed by atoms with Crippen LogP contribution in [0.5, 0.6) is 0 Å². The van der Waals surface area contributed by atoms with E-state index < -0.39 is 0 Å². The normalized spacial score (nSPS) is 27.0. The lowest BCUT2D eigenvalue weighted by Gasteiger charge is -2.28. The van der Waals surface area contributed by atoms with E-state index in [1.54, 1.807) is 0 Å². The van der Waals surface area contributed by atoms with Crippen LogP contribution < -0.4 is 11.5 Å². The molecule has 13 heavy (non-hydrogen) atoms. The van der Waals surface area contributed by atoms with Gasteiger partial charge in [-0.1, -0.05) is 17.7 Å². The van der Waals surface area contributed by atoms with Gasteiger partial charge in [-0.25, -0.2) is 0 Å². The number of benzene rings is 1. The van der Waals surface area contributed by atoms with Crippen LogP contribution in [-0.2, 0) is 6.42 Å². The van der Waals surface area contributed by atoms with Crippen LogP contribution in [0.1, 0.15) is 23.6 Å². The average molecular weight is 197 g/mol. The second-order valence-electron chi connectivity index (χ2n) is 3.57. The van der Waals surface area contributed by atoms with Gasteiger partial charge < -0.3 is 11.5 Å². The second kappa shape index (κ2) is 3.29. The molecule has 2 nitrogen and oxygen atoms in total. The molecule has 3 heteroatoms. The van der Waals surface area contributed by atoms with Crippen molar-refractivity contribution in [1.82, 2.24) is 0 Å². The number of halogens is 1. The minimum absolute atomic E-state index is 0.0268. The van der Waals surface area contributed by atoms with Gasteiger partial charge in [-0.3, -0.25) is 0 Å². The van der Waals surface area contributed by atoms with Crippen molar-refractivity contribution in [3.05, 3.63) is 34.3 Å². The first-order valence-corrected chi connectivity index (χ1v) is 4.86.